The van der Waals surface area contributed by atoms with Gasteiger partial charge in [0.05, 0.1) is 24.8 Å². The second-order valence-corrected chi connectivity index (χ2v) is 5.13. The molecule has 1 amide bonds. The number of hydrogen-bond acceptors (Lipinski definition) is 4. The lowest BCUT2D eigenvalue weighted by molar-refractivity contribution is 0.0837. The summed E-state index contributed by atoms with van der Waals surface area (Å²) in [6.07, 6.45) is 5.16. The topological polar surface area (TPSA) is 77.2 Å². The summed E-state index contributed by atoms with van der Waals surface area (Å²) in [4.78, 5) is 16.3. The largest absolute Gasteiger partial charge is 0.373 e. The number of fused-ring (bicyclic) bond motifs is 2. The number of amides is 1. The molecule has 20 heavy (non-hydrogen) atoms. The number of nitrogens with one attached hydrogen (secondary N) is 1. The van der Waals surface area contributed by atoms with E-state index in [1.165, 1.54) is 0 Å². The molecule has 0 saturated carbocycles. The molecule has 2 saturated heterocycles. The first-order valence-electron chi connectivity index (χ1n) is 6.87. The Bertz CT molecular complexity index is 559. The third-order valence-electron chi connectivity index (χ3n) is 3.75. The average molecular weight is 271 g/mol. The first kappa shape index (κ1) is 13.1. The molecule has 2 aliphatic heterocycles. The molecule has 3 N–H and O–H groups in total. The van der Waals surface area contributed by atoms with Crippen LogP contribution in [-0.4, -0.2) is 35.7 Å². The summed E-state index contributed by atoms with van der Waals surface area (Å²) in [7, 11) is 0. The molecule has 1 aromatic heterocycles. The van der Waals surface area contributed by atoms with Gasteiger partial charge in [0.2, 0.25) is 0 Å². The monoisotopic (exact) mass is 271 g/mol. The number of ether oxygens (including phenoxy) is 1. The Morgan fingerprint density at radius 3 is 3.00 bits per heavy atom. The van der Waals surface area contributed by atoms with Crippen LogP contribution in [-0.2, 0) is 4.74 Å². The van der Waals surface area contributed by atoms with Crippen molar-refractivity contribution < 1.29 is 9.53 Å². The number of nitrogens with zero attached hydrogens (tertiary/aromatic N) is 1. The van der Waals surface area contributed by atoms with Crippen molar-refractivity contribution in [1.29, 1.82) is 0 Å². The molecule has 5 nitrogen and oxygen atoms in total. The SMILES string of the molecule is NCC#Cc1ccc(C(=O)NC2CC3CCC2O3)nc1. The molecular formula is C15H17N3O2. The van der Waals surface area contributed by atoms with E-state index in [1.807, 2.05) is 0 Å². The van der Waals surface area contributed by atoms with Crippen LogP contribution < -0.4 is 11.1 Å². The third-order valence-corrected chi connectivity index (χ3v) is 3.75. The van der Waals surface area contributed by atoms with E-state index in [4.69, 9.17) is 10.5 Å². The summed E-state index contributed by atoms with van der Waals surface area (Å²) < 4.78 is 5.72. The first-order chi connectivity index (χ1) is 9.76. The van der Waals surface area contributed by atoms with Crippen LogP contribution in [0.15, 0.2) is 18.3 Å². The summed E-state index contributed by atoms with van der Waals surface area (Å²) in [5.41, 5.74) is 6.47. The van der Waals surface area contributed by atoms with Crippen LogP contribution in [0.4, 0.5) is 0 Å². The average Bonchev–Trinajstić information content (AvgIpc) is 3.08. The summed E-state index contributed by atoms with van der Waals surface area (Å²) in [6.45, 7) is 0.312. The minimum Gasteiger partial charge on any atom is -0.373 e. The molecule has 3 heterocycles. The standard InChI is InChI=1S/C15H17N3O2/c16-7-1-2-10-3-5-12(17-9-10)15(19)18-13-8-11-4-6-14(13)20-11/h3,5,9,11,13-14H,4,6-8,16H2,(H,18,19). The van der Waals surface area contributed by atoms with E-state index in [0.717, 1.165) is 24.8 Å². The molecule has 0 aliphatic carbocycles. The van der Waals surface area contributed by atoms with E-state index in [-0.39, 0.29) is 18.1 Å². The zero-order valence-corrected chi connectivity index (χ0v) is 11.1. The molecule has 5 heteroatoms. The highest BCUT2D eigenvalue weighted by atomic mass is 16.5. The van der Waals surface area contributed by atoms with Crippen molar-refractivity contribution >= 4 is 5.91 Å². The fourth-order valence-corrected chi connectivity index (χ4v) is 2.79. The number of aromatic nitrogens is 1. The van der Waals surface area contributed by atoms with E-state index >= 15 is 0 Å². The van der Waals surface area contributed by atoms with Crippen LogP contribution in [0.3, 0.4) is 0 Å². The molecule has 2 fully saturated rings. The summed E-state index contributed by atoms with van der Waals surface area (Å²) in [6, 6.07) is 3.59. The minimum absolute atomic E-state index is 0.125. The Hall–Kier alpha value is -1.90. The maximum atomic E-state index is 12.1. The van der Waals surface area contributed by atoms with Crippen LogP contribution in [0.25, 0.3) is 0 Å². The predicted molar refractivity (Wildman–Crippen MR) is 73.9 cm³/mol. The van der Waals surface area contributed by atoms with Crippen molar-refractivity contribution in [2.24, 2.45) is 5.73 Å². The van der Waals surface area contributed by atoms with Gasteiger partial charge in [-0.2, -0.15) is 0 Å². The lowest BCUT2D eigenvalue weighted by atomic mass is 9.95. The van der Waals surface area contributed by atoms with Gasteiger partial charge in [-0.25, -0.2) is 4.98 Å². The number of rotatable bonds is 2. The zero-order valence-electron chi connectivity index (χ0n) is 11.1. The second kappa shape index (κ2) is 5.61. The lowest BCUT2D eigenvalue weighted by Crippen LogP contribution is -2.41. The Morgan fingerprint density at radius 2 is 2.40 bits per heavy atom. The van der Waals surface area contributed by atoms with Gasteiger partial charge in [0.1, 0.15) is 5.69 Å². The van der Waals surface area contributed by atoms with Crippen molar-refractivity contribution in [2.75, 3.05) is 6.54 Å². The second-order valence-electron chi connectivity index (χ2n) is 5.13. The molecule has 2 bridgehead atoms. The fourth-order valence-electron chi connectivity index (χ4n) is 2.79. The van der Waals surface area contributed by atoms with Crippen molar-refractivity contribution in [1.82, 2.24) is 10.3 Å². The van der Waals surface area contributed by atoms with Crippen LogP contribution in [0.5, 0.6) is 0 Å². The van der Waals surface area contributed by atoms with Crippen molar-refractivity contribution in [3.05, 3.63) is 29.6 Å². The maximum absolute atomic E-state index is 12.1. The Kier molecular flexibility index (Phi) is 3.68. The number of carbonyl (C=O) groups excluding carboxylic acids is 1. The van der Waals surface area contributed by atoms with Gasteiger partial charge < -0.3 is 15.8 Å². The van der Waals surface area contributed by atoms with E-state index in [1.54, 1.807) is 18.3 Å². The highest BCUT2D eigenvalue weighted by Crippen LogP contribution is 2.34. The molecule has 1 aromatic rings. The summed E-state index contributed by atoms with van der Waals surface area (Å²) in [5.74, 6) is 5.48. The zero-order chi connectivity index (χ0) is 13.9. The molecule has 2 aliphatic rings. The molecule has 0 aromatic carbocycles. The number of pyridine rings is 1. The summed E-state index contributed by atoms with van der Waals surface area (Å²) in [5, 5.41) is 3.01. The first-order valence-corrected chi connectivity index (χ1v) is 6.87. The van der Waals surface area contributed by atoms with Gasteiger partial charge in [-0.1, -0.05) is 11.8 Å². The van der Waals surface area contributed by atoms with Crippen LogP contribution in [0.2, 0.25) is 0 Å². The van der Waals surface area contributed by atoms with E-state index in [9.17, 15) is 4.79 Å². The van der Waals surface area contributed by atoms with E-state index in [2.05, 4.69) is 22.1 Å². The van der Waals surface area contributed by atoms with Gasteiger partial charge in [0, 0.05) is 11.8 Å². The van der Waals surface area contributed by atoms with Gasteiger partial charge in [0.25, 0.3) is 5.91 Å². The quantitative estimate of drug-likeness (QED) is 0.765. The van der Waals surface area contributed by atoms with E-state index < -0.39 is 0 Å². The minimum atomic E-state index is -0.149. The van der Waals surface area contributed by atoms with Gasteiger partial charge in [-0.05, 0) is 31.4 Å². The highest BCUT2D eigenvalue weighted by molar-refractivity contribution is 5.92. The lowest BCUT2D eigenvalue weighted by Gasteiger charge is -2.19. The van der Waals surface area contributed by atoms with Gasteiger partial charge in [0.15, 0.2) is 0 Å². The molecule has 3 atom stereocenters. The molecule has 0 radical (unpaired) electrons. The predicted octanol–water partition coefficient (Wildman–Crippen LogP) is 0.441. The third kappa shape index (κ3) is 2.67. The Labute approximate surface area is 117 Å². The van der Waals surface area contributed by atoms with Crippen molar-refractivity contribution in [2.45, 2.75) is 37.5 Å². The van der Waals surface area contributed by atoms with Gasteiger partial charge in [-0.15, -0.1) is 0 Å². The maximum Gasteiger partial charge on any atom is 0.270 e. The number of hydrogen-bond donors (Lipinski definition) is 2. The molecule has 3 unspecified atom stereocenters. The van der Waals surface area contributed by atoms with Crippen molar-refractivity contribution in [3.8, 4) is 11.8 Å². The molecule has 0 spiro atoms. The number of carbonyl (C=O) groups is 1. The number of nitrogens with two attached hydrogens (primary N) is 1. The van der Waals surface area contributed by atoms with Gasteiger partial charge >= 0.3 is 0 Å². The normalized spacial score (nSPS) is 26.9. The van der Waals surface area contributed by atoms with Crippen LogP contribution >= 0.6 is 0 Å². The van der Waals surface area contributed by atoms with Crippen LogP contribution in [0.1, 0.15) is 35.3 Å². The highest BCUT2D eigenvalue weighted by Gasteiger charge is 2.41. The van der Waals surface area contributed by atoms with Gasteiger partial charge in [-0.3, -0.25) is 4.79 Å². The molecule has 104 valence electrons. The Morgan fingerprint density at radius 1 is 1.50 bits per heavy atom. The molecule has 3 rings (SSSR count). The Balaban J connectivity index is 1.62. The summed E-state index contributed by atoms with van der Waals surface area (Å²) >= 11 is 0. The molecular weight excluding hydrogens is 254 g/mol. The van der Waals surface area contributed by atoms with E-state index in [0.29, 0.717) is 18.3 Å². The smallest absolute Gasteiger partial charge is 0.270 e. The fraction of sp³-hybridized carbons (Fsp3) is 0.467. The van der Waals surface area contributed by atoms with Crippen LogP contribution in [0, 0.1) is 11.8 Å². The van der Waals surface area contributed by atoms with Crippen molar-refractivity contribution in [3.63, 3.8) is 0 Å².